The van der Waals surface area contributed by atoms with Crippen LogP contribution in [0.25, 0.3) is 0 Å². The minimum absolute atomic E-state index is 0.326. The Morgan fingerprint density at radius 1 is 1.43 bits per heavy atom. The molecule has 1 saturated carbocycles. The van der Waals surface area contributed by atoms with Gasteiger partial charge in [-0.05, 0) is 31.6 Å². The Bertz CT molecular complexity index is 307. The van der Waals surface area contributed by atoms with Crippen molar-refractivity contribution in [1.82, 2.24) is 4.90 Å². The van der Waals surface area contributed by atoms with Crippen LogP contribution in [0.2, 0.25) is 0 Å². The van der Waals surface area contributed by atoms with E-state index in [2.05, 4.69) is 11.8 Å². The van der Waals surface area contributed by atoms with Crippen LogP contribution in [0.3, 0.4) is 0 Å². The molecule has 0 spiro atoms. The Hall–Kier alpha value is -0.790. The standard InChI is InChI=1S/C12H17NO/c1-8-5-10-11(6-8)13-4-2-3-9(13)7-12(10)14/h7-8,10-11H,2-6H2,1H3. The van der Waals surface area contributed by atoms with Crippen molar-refractivity contribution >= 4 is 5.78 Å². The summed E-state index contributed by atoms with van der Waals surface area (Å²) in [7, 11) is 0. The molecule has 0 aromatic heterocycles. The third-order valence-corrected chi connectivity index (χ3v) is 4.04. The van der Waals surface area contributed by atoms with Crippen molar-refractivity contribution in [3.63, 3.8) is 0 Å². The van der Waals surface area contributed by atoms with Gasteiger partial charge < -0.3 is 4.90 Å². The first-order chi connectivity index (χ1) is 6.75. The summed E-state index contributed by atoms with van der Waals surface area (Å²) in [6.45, 7) is 3.47. The van der Waals surface area contributed by atoms with E-state index in [0.29, 0.717) is 17.7 Å². The highest BCUT2D eigenvalue weighted by molar-refractivity contribution is 5.94. The first-order valence-electron chi connectivity index (χ1n) is 5.77. The zero-order valence-corrected chi connectivity index (χ0v) is 8.70. The summed E-state index contributed by atoms with van der Waals surface area (Å²) < 4.78 is 0. The largest absolute Gasteiger partial charge is 0.371 e. The molecule has 76 valence electrons. The van der Waals surface area contributed by atoms with Gasteiger partial charge in [0.25, 0.3) is 0 Å². The van der Waals surface area contributed by atoms with Crippen LogP contribution in [-0.2, 0) is 4.79 Å². The molecular weight excluding hydrogens is 174 g/mol. The molecule has 2 heteroatoms. The van der Waals surface area contributed by atoms with Gasteiger partial charge >= 0.3 is 0 Å². The van der Waals surface area contributed by atoms with Crippen LogP contribution in [0.15, 0.2) is 11.8 Å². The van der Waals surface area contributed by atoms with Crippen LogP contribution in [0, 0.1) is 11.8 Å². The molecule has 0 bridgehead atoms. The second-order valence-corrected chi connectivity index (χ2v) is 5.09. The summed E-state index contributed by atoms with van der Waals surface area (Å²) in [4.78, 5) is 14.4. The van der Waals surface area contributed by atoms with Gasteiger partial charge in [0.1, 0.15) is 0 Å². The van der Waals surface area contributed by atoms with Gasteiger partial charge in [-0.25, -0.2) is 0 Å². The van der Waals surface area contributed by atoms with Crippen molar-refractivity contribution in [3.05, 3.63) is 11.8 Å². The molecule has 3 rings (SSSR count). The molecule has 0 N–H and O–H groups in total. The Labute approximate surface area is 85.0 Å². The predicted molar refractivity (Wildman–Crippen MR) is 54.7 cm³/mol. The normalized spacial score (nSPS) is 40.9. The van der Waals surface area contributed by atoms with E-state index < -0.39 is 0 Å². The summed E-state index contributed by atoms with van der Waals surface area (Å²) in [5.74, 6) is 1.47. The second-order valence-electron chi connectivity index (χ2n) is 5.09. The van der Waals surface area contributed by atoms with Gasteiger partial charge in [-0.2, -0.15) is 0 Å². The summed E-state index contributed by atoms with van der Waals surface area (Å²) in [5, 5.41) is 0. The van der Waals surface area contributed by atoms with E-state index in [1.54, 1.807) is 0 Å². The van der Waals surface area contributed by atoms with E-state index >= 15 is 0 Å². The molecule has 2 fully saturated rings. The fraction of sp³-hybridized carbons (Fsp3) is 0.750. The van der Waals surface area contributed by atoms with Gasteiger partial charge in [-0.1, -0.05) is 6.92 Å². The number of carbonyl (C=O) groups excluding carboxylic acids is 1. The molecule has 0 aromatic rings. The van der Waals surface area contributed by atoms with Crippen LogP contribution in [-0.4, -0.2) is 23.3 Å². The predicted octanol–water partition coefficient (Wildman–Crippen LogP) is 1.96. The van der Waals surface area contributed by atoms with E-state index in [9.17, 15) is 4.79 Å². The topological polar surface area (TPSA) is 20.3 Å². The fourth-order valence-corrected chi connectivity index (χ4v) is 3.44. The van der Waals surface area contributed by atoms with Crippen molar-refractivity contribution in [1.29, 1.82) is 0 Å². The van der Waals surface area contributed by atoms with Gasteiger partial charge in [0, 0.05) is 30.3 Å². The Balaban J connectivity index is 1.95. The highest BCUT2D eigenvalue weighted by Crippen LogP contribution is 2.42. The van der Waals surface area contributed by atoms with Crippen LogP contribution in [0.1, 0.15) is 32.6 Å². The van der Waals surface area contributed by atoms with Gasteiger partial charge in [-0.15, -0.1) is 0 Å². The number of ketones is 1. The summed E-state index contributed by atoms with van der Waals surface area (Å²) in [6.07, 6.45) is 6.64. The number of hydrogen-bond acceptors (Lipinski definition) is 2. The zero-order chi connectivity index (χ0) is 9.71. The summed E-state index contributed by atoms with van der Waals surface area (Å²) >= 11 is 0. The van der Waals surface area contributed by atoms with Crippen molar-refractivity contribution in [2.45, 2.75) is 38.6 Å². The molecule has 2 aliphatic heterocycles. The number of allylic oxidation sites excluding steroid dienone is 2. The Morgan fingerprint density at radius 3 is 3.14 bits per heavy atom. The number of rotatable bonds is 0. The Kier molecular flexibility index (Phi) is 1.73. The first-order valence-corrected chi connectivity index (χ1v) is 5.77. The van der Waals surface area contributed by atoms with Crippen molar-refractivity contribution in [3.8, 4) is 0 Å². The molecule has 0 amide bonds. The molecule has 3 aliphatic rings. The van der Waals surface area contributed by atoms with Crippen LogP contribution >= 0.6 is 0 Å². The number of nitrogens with zero attached hydrogens (tertiary/aromatic N) is 1. The van der Waals surface area contributed by atoms with Crippen molar-refractivity contribution in [2.24, 2.45) is 11.8 Å². The fourth-order valence-electron chi connectivity index (χ4n) is 3.44. The minimum atomic E-state index is 0.326. The lowest BCUT2D eigenvalue weighted by Crippen LogP contribution is -2.41. The lowest BCUT2D eigenvalue weighted by molar-refractivity contribution is -0.120. The highest BCUT2D eigenvalue weighted by Gasteiger charge is 2.44. The summed E-state index contributed by atoms with van der Waals surface area (Å²) in [6, 6.07) is 0.556. The molecule has 2 heterocycles. The Morgan fingerprint density at radius 2 is 2.29 bits per heavy atom. The lowest BCUT2D eigenvalue weighted by atomic mass is 9.92. The van der Waals surface area contributed by atoms with Gasteiger partial charge in [-0.3, -0.25) is 4.79 Å². The van der Waals surface area contributed by atoms with Crippen LogP contribution in [0.4, 0.5) is 0 Å². The molecule has 0 radical (unpaired) electrons. The molecule has 1 aliphatic carbocycles. The van der Waals surface area contributed by atoms with Crippen molar-refractivity contribution < 1.29 is 4.79 Å². The van der Waals surface area contributed by atoms with Crippen LogP contribution in [0.5, 0.6) is 0 Å². The first kappa shape index (κ1) is 8.51. The third kappa shape index (κ3) is 1.06. The maximum Gasteiger partial charge on any atom is 0.162 e. The molecule has 3 unspecified atom stereocenters. The zero-order valence-electron chi connectivity index (χ0n) is 8.70. The van der Waals surface area contributed by atoms with Gasteiger partial charge in [0.2, 0.25) is 0 Å². The van der Waals surface area contributed by atoms with E-state index in [1.807, 2.05) is 6.08 Å². The summed E-state index contributed by atoms with van der Waals surface area (Å²) in [5.41, 5.74) is 1.32. The highest BCUT2D eigenvalue weighted by atomic mass is 16.1. The lowest BCUT2D eigenvalue weighted by Gasteiger charge is -2.34. The number of fused-ring (bicyclic) bond motifs is 3. The van der Waals surface area contributed by atoms with E-state index in [0.717, 1.165) is 18.8 Å². The van der Waals surface area contributed by atoms with Gasteiger partial charge in [0.15, 0.2) is 5.78 Å². The third-order valence-electron chi connectivity index (χ3n) is 4.04. The smallest absolute Gasteiger partial charge is 0.162 e. The van der Waals surface area contributed by atoms with Crippen LogP contribution < -0.4 is 0 Å². The van der Waals surface area contributed by atoms with Gasteiger partial charge in [0.05, 0.1) is 0 Å². The molecule has 3 atom stereocenters. The molecule has 2 nitrogen and oxygen atoms in total. The molecule has 1 saturated heterocycles. The van der Waals surface area contributed by atoms with E-state index in [1.165, 1.54) is 25.1 Å². The second kappa shape index (κ2) is 2.85. The minimum Gasteiger partial charge on any atom is -0.371 e. The number of carbonyl (C=O) groups is 1. The SMILES string of the molecule is CC1CC2C(=O)C=C3CCCN3C2C1. The van der Waals surface area contributed by atoms with E-state index in [4.69, 9.17) is 0 Å². The molecular formula is C12H17NO. The molecule has 14 heavy (non-hydrogen) atoms. The van der Waals surface area contributed by atoms with Crippen molar-refractivity contribution in [2.75, 3.05) is 6.54 Å². The average molecular weight is 191 g/mol. The maximum atomic E-state index is 11.9. The number of hydrogen-bond donors (Lipinski definition) is 0. The molecule has 0 aromatic carbocycles. The van der Waals surface area contributed by atoms with E-state index in [-0.39, 0.29) is 0 Å². The maximum absolute atomic E-state index is 11.9. The quantitative estimate of drug-likeness (QED) is 0.583. The monoisotopic (exact) mass is 191 g/mol. The average Bonchev–Trinajstić information content (AvgIpc) is 2.69.